The highest BCUT2D eigenvalue weighted by molar-refractivity contribution is 5.94. The Morgan fingerprint density at radius 1 is 1.53 bits per heavy atom. The van der Waals surface area contributed by atoms with Crippen molar-refractivity contribution >= 4 is 5.78 Å². The van der Waals surface area contributed by atoms with Gasteiger partial charge in [-0.25, -0.2) is 9.97 Å². The van der Waals surface area contributed by atoms with Gasteiger partial charge in [0, 0.05) is 19.2 Å². The van der Waals surface area contributed by atoms with Crippen molar-refractivity contribution in [1.29, 1.82) is 0 Å². The third-order valence-corrected chi connectivity index (χ3v) is 3.09. The van der Waals surface area contributed by atoms with E-state index in [4.69, 9.17) is 4.74 Å². The smallest absolute Gasteiger partial charge is 0.163 e. The Hall–Kier alpha value is -1.29. The monoisotopic (exact) mass is 234 g/mol. The molecule has 1 aliphatic heterocycles. The molecule has 2 heterocycles. The van der Waals surface area contributed by atoms with Gasteiger partial charge in [-0.1, -0.05) is 0 Å². The molecule has 0 radical (unpaired) electrons. The van der Waals surface area contributed by atoms with E-state index in [0.717, 1.165) is 37.4 Å². The maximum absolute atomic E-state index is 11.3. The van der Waals surface area contributed by atoms with Crippen LogP contribution in [0.1, 0.15) is 48.1 Å². The number of carbonyl (C=O) groups is 1. The first-order chi connectivity index (χ1) is 8.16. The van der Waals surface area contributed by atoms with Gasteiger partial charge in [0.2, 0.25) is 0 Å². The molecule has 0 N–H and O–H groups in total. The molecule has 0 aromatic carbocycles. The molecule has 2 rings (SSSR count). The van der Waals surface area contributed by atoms with Crippen molar-refractivity contribution in [2.45, 2.75) is 45.6 Å². The Morgan fingerprint density at radius 2 is 2.35 bits per heavy atom. The lowest BCUT2D eigenvalue weighted by Crippen LogP contribution is -2.22. The number of hydrogen-bond donors (Lipinski definition) is 0. The van der Waals surface area contributed by atoms with Gasteiger partial charge in [-0.05, 0) is 33.1 Å². The Morgan fingerprint density at radius 3 is 2.94 bits per heavy atom. The van der Waals surface area contributed by atoms with Crippen molar-refractivity contribution in [2.24, 2.45) is 0 Å². The summed E-state index contributed by atoms with van der Waals surface area (Å²) in [6, 6.07) is 0. The highest BCUT2D eigenvalue weighted by Gasteiger charge is 2.16. The molecule has 4 nitrogen and oxygen atoms in total. The summed E-state index contributed by atoms with van der Waals surface area (Å²) >= 11 is 0. The summed E-state index contributed by atoms with van der Waals surface area (Å²) in [5, 5.41) is 0. The van der Waals surface area contributed by atoms with E-state index >= 15 is 0 Å². The van der Waals surface area contributed by atoms with Crippen molar-refractivity contribution in [3.63, 3.8) is 0 Å². The van der Waals surface area contributed by atoms with Crippen LogP contribution in [0.15, 0.2) is 6.20 Å². The molecule has 0 spiro atoms. The molecule has 1 aromatic heterocycles. The zero-order chi connectivity index (χ0) is 12.3. The summed E-state index contributed by atoms with van der Waals surface area (Å²) in [5.74, 6) is 0.794. The molecule has 17 heavy (non-hydrogen) atoms. The van der Waals surface area contributed by atoms with Crippen LogP contribution in [0, 0.1) is 6.92 Å². The fourth-order valence-electron chi connectivity index (χ4n) is 2.13. The Balaban J connectivity index is 2.06. The highest BCUT2D eigenvalue weighted by Crippen LogP contribution is 2.16. The minimum atomic E-state index is 0.0166. The topological polar surface area (TPSA) is 52.1 Å². The van der Waals surface area contributed by atoms with Gasteiger partial charge in [0.25, 0.3) is 0 Å². The number of aromatic nitrogens is 2. The normalized spacial score (nSPS) is 20.2. The SMILES string of the molecule is CC(=O)c1cnc(CC2CCCCO2)nc1C. The van der Waals surface area contributed by atoms with Crippen LogP contribution in [0.5, 0.6) is 0 Å². The second-order valence-electron chi connectivity index (χ2n) is 4.53. The average molecular weight is 234 g/mol. The molecule has 0 amide bonds. The van der Waals surface area contributed by atoms with Crippen molar-refractivity contribution in [2.75, 3.05) is 6.61 Å². The molecule has 1 aliphatic rings. The first-order valence-electron chi connectivity index (χ1n) is 6.12. The first-order valence-corrected chi connectivity index (χ1v) is 6.12. The zero-order valence-corrected chi connectivity index (χ0v) is 10.4. The van der Waals surface area contributed by atoms with Gasteiger partial charge < -0.3 is 4.74 Å². The molecule has 4 heteroatoms. The maximum atomic E-state index is 11.3. The molecule has 1 unspecified atom stereocenters. The summed E-state index contributed by atoms with van der Waals surface area (Å²) in [6.07, 6.45) is 6.07. The van der Waals surface area contributed by atoms with E-state index in [1.807, 2.05) is 6.92 Å². The molecule has 0 bridgehead atoms. The lowest BCUT2D eigenvalue weighted by atomic mass is 10.1. The van der Waals surface area contributed by atoms with E-state index in [1.54, 1.807) is 6.20 Å². The van der Waals surface area contributed by atoms with Crippen LogP contribution in [-0.4, -0.2) is 28.5 Å². The van der Waals surface area contributed by atoms with E-state index in [9.17, 15) is 4.79 Å². The summed E-state index contributed by atoms with van der Waals surface area (Å²) in [5.41, 5.74) is 1.37. The standard InChI is InChI=1S/C13H18N2O2/c1-9-12(10(2)16)8-14-13(15-9)7-11-5-3-4-6-17-11/h8,11H,3-7H2,1-2H3. The number of Topliss-reactive ketones (excluding diaryl/α,β-unsaturated/α-hetero) is 1. The van der Waals surface area contributed by atoms with E-state index in [1.165, 1.54) is 13.3 Å². The fraction of sp³-hybridized carbons (Fsp3) is 0.615. The molecule has 0 aliphatic carbocycles. The molecule has 1 aromatic rings. The predicted molar refractivity (Wildman–Crippen MR) is 64.1 cm³/mol. The number of aryl methyl sites for hydroxylation is 1. The van der Waals surface area contributed by atoms with Crippen LogP contribution in [0.3, 0.4) is 0 Å². The van der Waals surface area contributed by atoms with Crippen LogP contribution in [-0.2, 0) is 11.2 Å². The van der Waals surface area contributed by atoms with Gasteiger partial charge in [0.15, 0.2) is 5.78 Å². The van der Waals surface area contributed by atoms with Crippen LogP contribution >= 0.6 is 0 Å². The van der Waals surface area contributed by atoms with Crippen LogP contribution in [0.25, 0.3) is 0 Å². The van der Waals surface area contributed by atoms with Crippen molar-refractivity contribution in [3.8, 4) is 0 Å². The van der Waals surface area contributed by atoms with Gasteiger partial charge >= 0.3 is 0 Å². The van der Waals surface area contributed by atoms with E-state index in [-0.39, 0.29) is 11.9 Å². The molecule has 0 saturated carbocycles. The quantitative estimate of drug-likeness (QED) is 0.751. The van der Waals surface area contributed by atoms with Crippen molar-refractivity contribution in [1.82, 2.24) is 9.97 Å². The van der Waals surface area contributed by atoms with Crippen LogP contribution in [0.2, 0.25) is 0 Å². The number of nitrogens with zero attached hydrogens (tertiary/aromatic N) is 2. The second kappa shape index (κ2) is 5.36. The summed E-state index contributed by atoms with van der Waals surface area (Å²) in [6.45, 7) is 4.23. The molecule has 1 fully saturated rings. The van der Waals surface area contributed by atoms with Crippen molar-refractivity contribution < 1.29 is 9.53 Å². The largest absolute Gasteiger partial charge is 0.378 e. The molecule has 92 valence electrons. The lowest BCUT2D eigenvalue weighted by Gasteiger charge is -2.21. The van der Waals surface area contributed by atoms with Gasteiger partial charge in [-0.2, -0.15) is 0 Å². The number of ketones is 1. The van der Waals surface area contributed by atoms with Crippen LogP contribution < -0.4 is 0 Å². The minimum Gasteiger partial charge on any atom is -0.378 e. The maximum Gasteiger partial charge on any atom is 0.163 e. The minimum absolute atomic E-state index is 0.0166. The van der Waals surface area contributed by atoms with Gasteiger partial charge in [-0.15, -0.1) is 0 Å². The number of hydrogen-bond acceptors (Lipinski definition) is 4. The zero-order valence-electron chi connectivity index (χ0n) is 10.4. The van der Waals surface area contributed by atoms with E-state index in [2.05, 4.69) is 9.97 Å². The molecular weight excluding hydrogens is 216 g/mol. The summed E-state index contributed by atoms with van der Waals surface area (Å²) < 4.78 is 5.65. The average Bonchev–Trinajstić information content (AvgIpc) is 2.30. The lowest BCUT2D eigenvalue weighted by molar-refractivity contribution is 0.0156. The van der Waals surface area contributed by atoms with Gasteiger partial charge in [0.1, 0.15) is 5.82 Å². The summed E-state index contributed by atoms with van der Waals surface area (Å²) in [7, 11) is 0. The Labute approximate surface area is 101 Å². The summed E-state index contributed by atoms with van der Waals surface area (Å²) in [4.78, 5) is 19.9. The second-order valence-corrected chi connectivity index (χ2v) is 4.53. The fourth-order valence-corrected chi connectivity index (χ4v) is 2.13. The third kappa shape index (κ3) is 3.09. The van der Waals surface area contributed by atoms with Gasteiger partial charge in [0.05, 0.1) is 17.4 Å². The third-order valence-electron chi connectivity index (χ3n) is 3.09. The molecule has 1 saturated heterocycles. The predicted octanol–water partition coefficient (Wildman–Crippen LogP) is 2.10. The highest BCUT2D eigenvalue weighted by atomic mass is 16.5. The Kier molecular flexibility index (Phi) is 3.84. The molecule has 1 atom stereocenters. The Bertz CT molecular complexity index is 412. The van der Waals surface area contributed by atoms with Crippen LogP contribution in [0.4, 0.5) is 0 Å². The van der Waals surface area contributed by atoms with E-state index < -0.39 is 0 Å². The number of rotatable bonds is 3. The van der Waals surface area contributed by atoms with E-state index in [0.29, 0.717) is 5.56 Å². The number of ether oxygens (including phenoxy) is 1. The molecular formula is C13H18N2O2. The van der Waals surface area contributed by atoms with Crippen molar-refractivity contribution in [3.05, 3.63) is 23.3 Å². The first kappa shape index (κ1) is 12.2. The van der Waals surface area contributed by atoms with Gasteiger partial charge in [-0.3, -0.25) is 4.79 Å². The number of carbonyl (C=O) groups excluding carboxylic acids is 1.